The van der Waals surface area contributed by atoms with Gasteiger partial charge in [0.05, 0.1) is 23.2 Å². The van der Waals surface area contributed by atoms with Crippen LogP contribution in [-0.2, 0) is 16.1 Å². The van der Waals surface area contributed by atoms with E-state index in [1.807, 2.05) is 39.0 Å². The fraction of sp³-hybridized carbons (Fsp3) is 0.250. The molecule has 0 atom stereocenters. The highest BCUT2D eigenvalue weighted by Crippen LogP contribution is 2.22. The van der Waals surface area contributed by atoms with Crippen LogP contribution in [0.4, 0.5) is 5.69 Å². The number of carbonyl (C=O) groups excluding carboxylic acids is 2. The maximum Gasteiger partial charge on any atom is 0.262 e. The lowest BCUT2D eigenvalue weighted by molar-refractivity contribution is -0.122. The molecule has 0 spiro atoms. The van der Waals surface area contributed by atoms with Crippen molar-refractivity contribution in [2.45, 2.75) is 32.5 Å². The fourth-order valence-electron chi connectivity index (χ4n) is 3.47. The van der Waals surface area contributed by atoms with Gasteiger partial charge in [0.25, 0.3) is 5.56 Å². The fourth-order valence-corrected chi connectivity index (χ4v) is 4.31. The summed E-state index contributed by atoms with van der Waals surface area (Å²) in [7, 11) is 0. The van der Waals surface area contributed by atoms with E-state index in [9.17, 15) is 14.4 Å². The van der Waals surface area contributed by atoms with Crippen molar-refractivity contribution in [3.8, 4) is 0 Å². The zero-order valence-electron chi connectivity index (χ0n) is 18.4. The molecule has 0 radical (unpaired) electrons. The van der Waals surface area contributed by atoms with Crippen molar-refractivity contribution in [1.82, 2.24) is 14.9 Å². The number of hydrogen-bond acceptors (Lipinski definition) is 5. The lowest BCUT2D eigenvalue weighted by Crippen LogP contribution is -2.34. The van der Waals surface area contributed by atoms with Gasteiger partial charge in [-0.1, -0.05) is 47.7 Å². The molecule has 3 rings (SSSR count). The van der Waals surface area contributed by atoms with E-state index in [1.54, 1.807) is 24.3 Å². The van der Waals surface area contributed by atoms with Crippen LogP contribution in [0.15, 0.2) is 59.0 Å². The van der Waals surface area contributed by atoms with Crippen LogP contribution in [0.3, 0.4) is 0 Å². The van der Waals surface area contributed by atoms with Gasteiger partial charge in [-0.25, -0.2) is 4.98 Å². The van der Waals surface area contributed by atoms with Crippen LogP contribution in [0.1, 0.15) is 16.7 Å². The van der Waals surface area contributed by atoms with Crippen molar-refractivity contribution >= 4 is 40.2 Å². The number of thioether (sulfide) groups is 1. The largest absolute Gasteiger partial charge is 0.346 e. The summed E-state index contributed by atoms with van der Waals surface area (Å²) in [5.41, 5.74) is 4.23. The first-order chi connectivity index (χ1) is 15.3. The van der Waals surface area contributed by atoms with Crippen LogP contribution in [0.5, 0.6) is 0 Å². The average Bonchev–Trinajstić information content (AvgIpc) is 2.75. The Morgan fingerprint density at radius 3 is 2.50 bits per heavy atom. The van der Waals surface area contributed by atoms with Crippen LogP contribution in [0, 0.1) is 20.8 Å². The summed E-state index contributed by atoms with van der Waals surface area (Å²) in [6.07, 6.45) is 1.61. The summed E-state index contributed by atoms with van der Waals surface area (Å²) in [5, 5.41) is 6.42. The zero-order chi connectivity index (χ0) is 23.3. The Morgan fingerprint density at radius 2 is 1.81 bits per heavy atom. The van der Waals surface area contributed by atoms with Gasteiger partial charge in [-0.3, -0.25) is 19.0 Å². The van der Waals surface area contributed by atoms with Crippen molar-refractivity contribution in [2.75, 3.05) is 17.6 Å². The van der Waals surface area contributed by atoms with Crippen molar-refractivity contribution in [2.24, 2.45) is 0 Å². The predicted octanol–water partition coefficient (Wildman–Crippen LogP) is 3.35. The van der Waals surface area contributed by atoms with E-state index in [0.717, 1.165) is 34.1 Å². The smallest absolute Gasteiger partial charge is 0.262 e. The quantitative estimate of drug-likeness (QED) is 0.312. The first kappa shape index (κ1) is 23.3. The Kier molecular flexibility index (Phi) is 7.48. The van der Waals surface area contributed by atoms with Gasteiger partial charge >= 0.3 is 0 Å². The van der Waals surface area contributed by atoms with Gasteiger partial charge in [0.1, 0.15) is 0 Å². The number of carbonyl (C=O) groups is 2. The second-order valence-electron chi connectivity index (χ2n) is 7.50. The Hall–Kier alpha value is -3.39. The number of aromatic nitrogens is 2. The Bertz CT molecular complexity index is 1230. The molecule has 0 saturated heterocycles. The number of nitrogens with zero attached hydrogens (tertiary/aromatic N) is 2. The van der Waals surface area contributed by atoms with Gasteiger partial charge in [-0.2, -0.15) is 0 Å². The standard InChI is InChI=1S/C24H26N4O3S/c1-5-10-28-23(31)18-8-6-7-9-19(18)26-24(28)32-14-21(30)25-13-20(29)27-22-16(3)11-15(2)12-17(22)4/h5-9,11-12H,1,10,13-14H2,2-4H3,(H,25,30)(H,27,29). The number of rotatable bonds is 8. The molecular weight excluding hydrogens is 424 g/mol. The Labute approximate surface area is 190 Å². The molecule has 7 nitrogen and oxygen atoms in total. The summed E-state index contributed by atoms with van der Waals surface area (Å²) in [6, 6.07) is 11.1. The van der Waals surface area contributed by atoms with Gasteiger partial charge < -0.3 is 10.6 Å². The van der Waals surface area contributed by atoms with Crippen LogP contribution in [0.2, 0.25) is 0 Å². The number of fused-ring (bicyclic) bond motifs is 1. The van der Waals surface area contributed by atoms with Gasteiger partial charge in [0.2, 0.25) is 11.8 Å². The maximum atomic E-state index is 12.8. The van der Waals surface area contributed by atoms with Crippen LogP contribution in [0.25, 0.3) is 10.9 Å². The molecule has 32 heavy (non-hydrogen) atoms. The normalized spacial score (nSPS) is 10.7. The number of benzene rings is 2. The Morgan fingerprint density at radius 1 is 1.12 bits per heavy atom. The Balaban J connectivity index is 1.62. The third-order valence-corrected chi connectivity index (χ3v) is 5.83. The number of allylic oxidation sites excluding steroid dienone is 1. The summed E-state index contributed by atoms with van der Waals surface area (Å²) >= 11 is 1.15. The molecule has 0 aliphatic heterocycles. The van der Waals surface area contributed by atoms with Gasteiger partial charge in [0.15, 0.2) is 5.16 Å². The molecule has 2 amide bonds. The minimum absolute atomic E-state index is 0.0256. The van der Waals surface area contributed by atoms with Crippen molar-refractivity contribution in [3.05, 3.63) is 76.1 Å². The molecule has 0 aliphatic carbocycles. The van der Waals surface area contributed by atoms with E-state index in [4.69, 9.17) is 0 Å². The molecule has 0 saturated carbocycles. The number of anilines is 1. The molecule has 8 heteroatoms. The molecule has 3 aromatic rings. The lowest BCUT2D eigenvalue weighted by Gasteiger charge is -2.13. The highest BCUT2D eigenvalue weighted by atomic mass is 32.2. The van der Waals surface area contributed by atoms with E-state index < -0.39 is 0 Å². The number of hydrogen-bond donors (Lipinski definition) is 2. The van der Waals surface area contributed by atoms with E-state index in [-0.39, 0.29) is 36.2 Å². The third kappa shape index (κ3) is 5.45. The average molecular weight is 451 g/mol. The predicted molar refractivity (Wildman–Crippen MR) is 129 cm³/mol. The van der Waals surface area contributed by atoms with E-state index >= 15 is 0 Å². The van der Waals surface area contributed by atoms with Gasteiger partial charge in [-0.05, 0) is 44.0 Å². The van der Waals surface area contributed by atoms with E-state index in [2.05, 4.69) is 22.2 Å². The van der Waals surface area contributed by atoms with Crippen molar-refractivity contribution in [1.29, 1.82) is 0 Å². The molecule has 0 unspecified atom stereocenters. The second-order valence-corrected chi connectivity index (χ2v) is 8.45. The number of para-hydroxylation sites is 1. The molecule has 1 aromatic heterocycles. The summed E-state index contributed by atoms with van der Waals surface area (Å²) in [4.78, 5) is 41.9. The molecule has 0 bridgehead atoms. The molecule has 166 valence electrons. The second kappa shape index (κ2) is 10.3. The number of aryl methyl sites for hydroxylation is 3. The van der Waals surface area contributed by atoms with Crippen molar-refractivity contribution < 1.29 is 9.59 Å². The maximum absolute atomic E-state index is 12.8. The minimum Gasteiger partial charge on any atom is -0.346 e. The van der Waals surface area contributed by atoms with Crippen LogP contribution >= 0.6 is 11.8 Å². The lowest BCUT2D eigenvalue weighted by atomic mass is 10.1. The summed E-state index contributed by atoms with van der Waals surface area (Å²) in [5.74, 6) is -0.599. The number of nitrogens with one attached hydrogen (secondary N) is 2. The summed E-state index contributed by atoms with van der Waals surface area (Å²) < 4.78 is 1.49. The molecule has 2 aromatic carbocycles. The minimum atomic E-state index is -0.324. The zero-order valence-corrected chi connectivity index (χ0v) is 19.2. The monoisotopic (exact) mass is 450 g/mol. The van der Waals surface area contributed by atoms with Crippen LogP contribution < -0.4 is 16.2 Å². The molecular formula is C24H26N4O3S. The van der Waals surface area contributed by atoms with E-state index in [0.29, 0.717) is 16.1 Å². The van der Waals surface area contributed by atoms with Crippen LogP contribution in [-0.4, -0.2) is 33.7 Å². The topological polar surface area (TPSA) is 93.1 Å². The first-order valence-electron chi connectivity index (χ1n) is 10.2. The highest BCUT2D eigenvalue weighted by Gasteiger charge is 2.14. The molecule has 0 aliphatic rings. The molecule has 1 heterocycles. The highest BCUT2D eigenvalue weighted by molar-refractivity contribution is 7.99. The van der Waals surface area contributed by atoms with Gasteiger partial charge in [0, 0.05) is 12.2 Å². The SMILES string of the molecule is C=CCn1c(SCC(=O)NCC(=O)Nc2c(C)cc(C)cc2C)nc2ccccc2c1=O. The molecule has 0 fully saturated rings. The summed E-state index contributed by atoms with van der Waals surface area (Å²) in [6.45, 7) is 9.71. The van der Waals surface area contributed by atoms with Crippen molar-refractivity contribution in [3.63, 3.8) is 0 Å². The van der Waals surface area contributed by atoms with E-state index in [1.165, 1.54) is 4.57 Å². The molecule has 2 N–H and O–H groups in total. The first-order valence-corrected chi connectivity index (χ1v) is 11.2. The number of amides is 2. The van der Waals surface area contributed by atoms with Gasteiger partial charge in [-0.15, -0.1) is 6.58 Å². The third-order valence-electron chi connectivity index (χ3n) is 4.86.